The largest absolute Gasteiger partial charge is 0.467 e. The minimum atomic E-state index is -3.77. The van der Waals surface area contributed by atoms with Crippen molar-refractivity contribution in [2.24, 2.45) is 0 Å². The molecule has 2 heterocycles. The van der Waals surface area contributed by atoms with Gasteiger partial charge in [-0.1, -0.05) is 0 Å². The molecule has 0 saturated carbocycles. The maximum absolute atomic E-state index is 12.5. The van der Waals surface area contributed by atoms with Crippen molar-refractivity contribution in [3.8, 4) is 0 Å². The lowest BCUT2D eigenvalue weighted by Crippen LogP contribution is -2.31. The van der Waals surface area contributed by atoms with Crippen LogP contribution in [0.5, 0.6) is 0 Å². The Morgan fingerprint density at radius 3 is 2.62 bits per heavy atom. The van der Waals surface area contributed by atoms with E-state index in [0.717, 1.165) is 0 Å². The molecule has 1 unspecified atom stereocenters. The summed E-state index contributed by atoms with van der Waals surface area (Å²) in [6, 6.07) is 10.3. The molecule has 3 rings (SSSR count). The zero-order chi connectivity index (χ0) is 18.6. The van der Waals surface area contributed by atoms with Crippen molar-refractivity contribution in [3.63, 3.8) is 0 Å². The first kappa shape index (κ1) is 17.9. The molecule has 1 atom stereocenters. The van der Waals surface area contributed by atoms with Crippen molar-refractivity contribution in [3.05, 3.63) is 72.4 Å². The Hall–Kier alpha value is -2.91. The van der Waals surface area contributed by atoms with Crippen LogP contribution in [0.1, 0.15) is 22.2 Å². The van der Waals surface area contributed by atoms with Crippen molar-refractivity contribution in [1.29, 1.82) is 0 Å². The Morgan fingerprint density at radius 1 is 1.27 bits per heavy atom. The molecule has 0 amide bonds. The number of ether oxygens (including phenoxy) is 1. The van der Waals surface area contributed by atoms with Crippen molar-refractivity contribution in [2.45, 2.75) is 10.9 Å². The summed E-state index contributed by atoms with van der Waals surface area (Å²) in [5, 5.41) is 4.16. The number of carbonyl (C=O) groups excluding carboxylic acids is 1. The fourth-order valence-corrected chi connectivity index (χ4v) is 3.47. The molecule has 136 valence electrons. The van der Waals surface area contributed by atoms with Gasteiger partial charge in [0.1, 0.15) is 11.8 Å². The Kier molecular flexibility index (Phi) is 5.19. The van der Waals surface area contributed by atoms with Crippen LogP contribution in [0.3, 0.4) is 0 Å². The number of sulfonamides is 1. The van der Waals surface area contributed by atoms with Crippen molar-refractivity contribution < 1.29 is 22.4 Å². The zero-order valence-electron chi connectivity index (χ0n) is 13.9. The van der Waals surface area contributed by atoms with Crippen molar-refractivity contribution >= 4 is 16.0 Å². The summed E-state index contributed by atoms with van der Waals surface area (Å²) in [6.45, 7) is 0.0519. The predicted octanol–water partition coefficient (Wildman–Crippen LogP) is 1.83. The predicted molar refractivity (Wildman–Crippen MR) is 92.0 cm³/mol. The maximum Gasteiger partial charge on any atom is 0.337 e. The van der Waals surface area contributed by atoms with Gasteiger partial charge in [-0.15, -0.1) is 0 Å². The highest BCUT2D eigenvalue weighted by Gasteiger charge is 2.22. The number of nitrogens with one attached hydrogen (secondary N) is 1. The third-order valence-electron chi connectivity index (χ3n) is 3.77. The number of rotatable bonds is 7. The van der Waals surface area contributed by atoms with Crippen molar-refractivity contribution in [2.75, 3.05) is 13.7 Å². The van der Waals surface area contributed by atoms with Crippen LogP contribution in [-0.4, -0.2) is 37.8 Å². The number of benzene rings is 1. The molecular formula is C17H17N3O5S. The second-order valence-corrected chi connectivity index (χ2v) is 7.15. The van der Waals surface area contributed by atoms with E-state index in [1.54, 1.807) is 35.3 Å². The topological polar surface area (TPSA) is 103 Å². The molecule has 0 spiro atoms. The highest BCUT2D eigenvalue weighted by molar-refractivity contribution is 7.89. The van der Waals surface area contributed by atoms with Crippen LogP contribution in [0.4, 0.5) is 0 Å². The van der Waals surface area contributed by atoms with E-state index in [1.165, 1.54) is 37.6 Å². The molecule has 0 aliphatic rings. The minimum Gasteiger partial charge on any atom is -0.467 e. The van der Waals surface area contributed by atoms with Gasteiger partial charge in [-0.05, 0) is 42.5 Å². The lowest BCUT2D eigenvalue weighted by molar-refractivity contribution is 0.0600. The summed E-state index contributed by atoms with van der Waals surface area (Å²) >= 11 is 0. The van der Waals surface area contributed by atoms with Gasteiger partial charge in [0.2, 0.25) is 10.0 Å². The fourth-order valence-electron chi connectivity index (χ4n) is 2.43. The standard InChI is InChI=1S/C17H17N3O5S/c1-24-17(21)13-5-7-14(8-6-13)26(22,23)19-12-15(16-4-2-11-25-16)20-10-3-9-18-20/h2-11,15,19H,12H2,1H3. The van der Waals surface area contributed by atoms with Gasteiger partial charge >= 0.3 is 5.97 Å². The smallest absolute Gasteiger partial charge is 0.337 e. The Labute approximate surface area is 150 Å². The van der Waals surface area contributed by atoms with E-state index in [-0.39, 0.29) is 17.0 Å². The number of furan rings is 1. The second-order valence-electron chi connectivity index (χ2n) is 5.39. The Bertz CT molecular complexity index is 914. The molecule has 1 aromatic carbocycles. The summed E-state index contributed by atoms with van der Waals surface area (Å²) in [4.78, 5) is 11.5. The Balaban J connectivity index is 1.77. The number of hydrogen-bond donors (Lipinski definition) is 1. The average molecular weight is 375 g/mol. The number of methoxy groups -OCH3 is 1. The zero-order valence-corrected chi connectivity index (χ0v) is 14.7. The molecule has 3 aromatic rings. The van der Waals surface area contributed by atoms with Gasteiger partial charge in [0.15, 0.2) is 0 Å². The molecule has 0 aliphatic heterocycles. The normalized spacial score (nSPS) is 12.7. The number of esters is 1. The van der Waals surface area contributed by atoms with Gasteiger partial charge in [-0.3, -0.25) is 4.68 Å². The molecule has 9 heteroatoms. The van der Waals surface area contributed by atoms with E-state index >= 15 is 0 Å². The van der Waals surface area contributed by atoms with Gasteiger partial charge in [0.25, 0.3) is 0 Å². The highest BCUT2D eigenvalue weighted by Crippen LogP contribution is 2.19. The van der Waals surface area contributed by atoms with E-state index < -0.39 is 22.0 Å². The van der Waals surface area contributed by atoms with Gasteiger partial charge in [0, 0.05) is 18.9 Å². The summed E-state index contributed by atoms with van der Waals surface area (Å²) in [7, 11) is -2.51. The van der Waals surface area contributed by atoms with Crippen LogP contribution in [-0.2, 0) is 14.8 Å². The molecule has 26 heavy (non-hydrogen) atoms. The van der Waals surface area contributed by atoms with Crippen LogP contribution in [0.15, 0.2) is 70.4 Å². The van der Waals surface area contributed by atoms with E-state index in [2.05, 4.69) is 14.6 Å². The minimum absolute atomic E-state index is 0.0452. The van der Waals surface area contributed by atoms with Crippen molar-refractivity contribution in [1.82, 2.24) is 14.5 Å². The molecule has 0 saturated heterocycles. The number of hydrogen-bond acceptors (Lipinski definition) is 6. The number of nitrogens with zero attached hydrogens (tertiary/aromatic N) is 2. The summed E-state index contributed by atoms with van der Waals surface area (Å²) in [5.74, 6) is 0.0518. The maximum atomic E-state index is 12.5. The molecule has 0 radical (unpaired) electrons. The highest BCUT2D eigenvalue weighted by atomic mass is 32.2. The van der Waals surface area contributed by atoms with Gasteiger partial charge in [-0.25, -0.2) is 17.9 Å². The van der Waals surface area contributed by atoms with Crippen LogP contribution < -0.4 is 4.72 Å². The van der Waals surface area contributed by atoms with Gasteiger partial charge in [0.05, 0.1) is 23.8 Å². The van der Waals surface area contributed by atoms with E-state index in [9.17, 15) is 13.2 Å². The number of carbonyl (C=O) groups is 1. The average Bonchev–Trinajstić information content (AvgIpc) is 3.36. The first-order chi connectivity index (χ1) is 12.5. The van der Waals surface area contributed by atoms with Crippen LogP contribution >= 0.6 is 0 Å². The van der Waals surface area contributed by atoms with Crippen LogP contribution in [0, 0.1) is 0 Å². The molecule has 2 aromatic heterocycles. The lowest BCUT2D eigenvalue weighted by atomic mass is 10.2. The Morgan fingerprint density at radius 2 is 2.04 bits per heavy atom. The lowest BCUT2D eigenvalue weighted by Gasteiger charge is -2.16. The van der Waals surface area contributed by atoms with Crippen LogP contribution in [0.2, 0.25) is 0 Å². The molecular weight excluding hydrogens is 358 g/mol. The number of aromatic nitrogens is 2. The molecule has 1 N–H and O–H groups in total. The SMILES string of the molecule is COC(=O)c1ccc(S(=O)(=O)NCC(c2ccco2)n2cccn2)cc1. The third kappa shape index (κ3) is 3.84. The monoisotopic (exact) mass is 375 g/mol. The quantitative estimate of drug-likeness (QED) is 0.632. The summed E-state index contributed by atoms with van der Waals surface area (Å²) in [5.41, 5.74) is 0.274. The fraction of sp³-hybridized carbons (Fsp3) is 0.176. The molecule has 0 aliphatic carbocycles. The molecule has 8 nitrogen and oxygen atoms in total. The first-order valence-electron chi connectivity index (χ1n) is 7.72. The molecule has 0 bridgehead atoms. The van der Waals surface area contributed by atoms with E-state index in [4.69, 9.17) is 4.42 Å². The summed E-state index contributed by atoms with van der Waals surface area (Å²) in [6.07, 6.45) is 4.86. The van der Waals surface area contributed by atoms with Crippen LogP contribution in [0.25, 0.3) is 0 Å². The first-order valence-corrected chi connectivity index (χ1v) is 9.20. The molecule has 0 fully saturated rings. The third-order valence-corrected chi connectivity index (χ3v) is 5.21. The van der Waals surface area contributed by atoms with E-state index in [0.29, 0.717) is 5.76 Å². The van der Waals surface area contributed by atoms with E-state index in [1.807, 2.05) is 0 Å². The second kappa shape index (κ2) is 7.54. The van der Waals surface area contributed by atoms with Gasteiger partial charge < -0.3 is 9.15 Å². The summed E-state index contributed by atoms with van der Waals surface area (Å²) < 4.78 is 39.2. The van der Waals surface area contributed by atoms with Gasteiger partial charge in [-0.2, -0.15) is 5.10 Å².